The smallest absolute Gasteiger partial charge is 0.237 e. The number of hydrogen-bond donors (Lipinski definition) is 1. The van der Waals surface area contributed by atoms with Gasteiger partial charge in [0.15, 0.2) is 0 Å². The summed E-state index contributed by atoms with van der Waals surface area (Å²) in [6, 6.07) is 7.53. The van der Waals surface area contributed by atoms with Crippen LogP contribution in [0.2, 0.25) is 5.02 Å². The summed E-state index contributed by atoms with van der Waals surface area (Å²) >= 11 is 6.20. The van der Waals surface area contributed by atoms with Crippen molar-refractivity contribution in [3.05, 3.63) is 35.2 Å². The van der Waals surface area contributed by atoms with Crippen LogP contribution in [0.1, 0.15) is 12.3 Å². The van der Waals surface area contributed by atoms with E-state index in [0.29, 0.717) is 29.3 Å². The lowest BCUT2D eigenvalue weighted by atomic mass is 9.75. The van der Waals surface area contributed by atoms with E-state index < -0.39 is 0 Å². The zero-order chi connectivity index (χ0) is 14.3. The zero-order valence-electron chi connectivity index (χ0n) is 11.5. The molecular formula is C15H16ClN3O2. The molecule has 0 unspecified atom stereocenters. The Morgan fingerprint density at radius 1 is 1.33 bits per heavy atom. The first kappa shape index (κ1) is 13.2. The largest absolute Gasteiger partial charge is 0.380 e. The topological polar surface area (TPSA) is 60.2 Å². The molecule has 0 amide bonds. The fourth-order valence-corrected chi connectivity index (χ4v) is 3.55. The highest BCUT2D eigenvalue weighted by atomic mass is 35.5. The van der Waals surface area contributed by atoms with Gasteiger partial charge in [0.25, 0.3) is 0 Å². The predicted octanol–water partition coefficient (Wildman–Crippen LogP) is 2.27. The van der Waals surface area contributed by atoms with Gasteiger partial charge in [-0.05, 0) is 31.0 Å². The maximum atomic E-state index is 6.20. The number of nitrogens with one attached hydrogen (secondary N) is 1. The van der Waals surface area contributed by atoms with Gasteiger partial charge in [-0.2, -0.15) is 4.98 Å². The number of fused-ring (bicyclic) bond motifs is 1. The fourth-order valence-electron chi connectivity index (χ4n) is 3.33. The van der Waals surface area contributed by atoms with Gasteiger partial charge < -0.3 is 14.6 Å². The number of halogens is 1. The van der Waals surface area contributed by atoms with Gasteiger partial charge in [-0.1, -0.05) is 28.9 Å². The van der Waals surface area contributed by atoms with E-state index in [2.05, 4.69) is 15.5 Å². The first-order valence-electron chi connectivity index (χ1n) is 7.17. The van der Waals surface area contributed by atoms with Crippen LogP contribution in [0.25, 0.3) is 11.4 Å². The van der Waals surface area contributed by atoms with E-state index >= 15 is 0 Å². The van der Waals surface area contributed by atoms with Crippen molar-refractivity contribution in [2.45, 2.75) is 11.8 Å². The molecule has 2 aliphatic rings. The molecule has 110 valence electrons. The summed E-state index contributed by atoms with van der Waals surface area (Å²) in [5.41, 5.74) is 0.606. The zero-order valence-corrected chi connectivity index (χ0v) is 12.3. The third-order valence-electron chi connectivity index (χ3n) is 4.55. The van der Waals surface area contributed by atoms with E-state index in [9.17, 15) is 0 Å². The van der Waals surface area contributed by atoms with Crippen molar-refractivity contribution < 1.29 is 9.26 Å². The lowest BCUT2D eigenvalue weighted by molar-refractivity contribution is 0.00198. The predicted molar refractivity (Wildman–Crippen MR) is 78.2 cm³/mol. The van der Waals surface area contributed by atoms with Crippen molar-refractivity contribution >= 4 is 11.6 Å². The molecule has 2 aliphatic heterocycles. The van der Waals surface area contributed by atoms with Crippen LogP contribution in [-0.2, 0) is 10.2 Å². The van der Waals surface area contributed by atoms with Gasteiger partial charge in [0.1, 0.15) is 0 Å². The normalized spacial score (nSPS) is 28.5. The third-order valence-corrected chi connectivity index (χ3v) is 4.88. The summed E-state index contributed by atoms with van der Waals surface area (Å²) < 4.78 is 11.3. The lowest BCUT2D eigenvalue weighted by Crippen LogP contribution is -2.44. The van der Waals surface area contributed by atoms with Gasteiger partial charge in [-0.3, -0.25) is 0 Å². The quantitative estimate of drug-likeness (QED) is 0.922. The summed E-state index contributed by atoms with van der Waals surface area (Å²) in [6.07, 6.45) is 1.02. The highest BCUT2D eigenvalue weighted by molar-refractivity contribution is 6.33. The minimum absolute atomic E-state index is 0.190. The molecule has 2 saturated heterocycles. The summed E-state index contributed by atoms with van der Waals surface area (Å²) in [4.78, 5) is 4.62. The molecule has 0 bridgehead atoms. The number of ether oxygens (including phenoxy) is 1. The molecule has 5 nitrogen and oxygen atoms in total. The van der Waals surface area contributed by atoms with Crippen molar-refractivity contribution in [3.8, 4) is 11.4 Å². The molecule has 3 heterocycles. The van der Waals surface area contributed by atoms with Crippen LogP contribution in [0.4, 0.5) is 0 Å². The van der Waals surface area contributed by atoms with Crippen molar-refractivity contribution in [1.82, 2.24) is 15.5 Å². The van der Waals surface area contributed by atoms with E-state index in [0.717, 1.165) is 31.7 Å². The maximum Gasteiger partial charge on any atom is 0.237 e. The van der Waals surface area contributed by atoms with Gasteiger partial charge in [0.2, 0.25) is 11.7 Å². The maximum absolute atomic E-state index is 6.20. The Hall–Kier alpha value is -1.43. The lowest BCUT2D eigenvalue weighted by Gasteiger charge is -2.34. The molecular weight excluding hydrogens is 290 g/mol. The number of aromatic nitrogens is 2. The van der Waals surface area contributed by atoms with Crippen LogP contribution in [0.15, 0.2) is 28.8 Å². The van der Waals surface area contributed by atoms with E-state index in [1.165, 1.54) is 0 Å². The van der Waals surface area contributed by atoms with Crippen LogP contribution < -0.4 is 5.32 Å². The average molecular weight is 306 g/mol. The summed E-state index contributed by atoms with van der Waals surface area (Å²) in [6.45, 7) is 3.24. The highest BCUT2D eigenvalue weighted by Gasteiger charge is 2.50. The van der Waals surface area contributed by atoms with E-state index in [-0.39, 0.29) is 5.41 Å². The first-order chi connectivity index (χ1) is 10.3. The van der Waals surface area contributed by atoms with Crippen molar-refractivity contribution in [2.75, 3.05) is 26.3 Å². The minimum atomic E-state index is -0.190. The van der Waals surface area contributed by atoms with Crippen molar-refractivity contribution in [2.24, 2.45) is 5.92 Å². The monoisotopic (exact) mass is 305 g/mol. The fraction of sp³-hybridized carbons (Fsp3) is 0.467. The first-order valence-corrected chi connectivity index (χ1v) is 7.55. The Morgan fingerprint density at radius 2 is 2.24 bits per heavy atom. The molecule has 4 rings (SSSR count). The van der Waals surface area contributed by atoms with Crippen LogP contribution in [-0.4, -0.2) is 36.4 Å². The Morgan fingerprint density at radius 3 is 3.14 bits per heavy atom. The van der Waals surface area contributed by atoms with Gasteiger partial charge >= 0.3 is 0 Å². The molecule has 2 fully saturated rings. The Balaban J connectivity index is 1.73. The Bertz CT molecular complexity index is 660. The van der Waals surface area contributed by atoms with Crippen LogP contribution >= 0.6 is 11.6 Å². The highest BCUT2D eigenvalue weighted by Crippen LogP contribution is 2.40. The Labute approximate surface area is 127 Å². The van der Waals surface area contributed by atoms with Gasteiger partial charge in [-0.25, -0.2) is 0 Å². The molecule has 6 heteroatoms. The summed E-state index contributed by atoms with van der Waals surface area (Å²) in [5, 5.41) is 8.18. The standard InChI is InChI=1S/C15H16ClN3O2/c16-12-4-2-1-3-11(12)13-18-14(21-19-13)15-8-17-7-10(15)5-6-20-9-15/h1-4,10,17H,5-9H2/t10-,15+/m1/s1. The second kappa shape index (κ2) is 5.09. The van der Waals surface area contributed by atoms with E-state index in [4.69, 9.17) is 20.9 Å². The van der Waals surface area contributed by atoms with Crippen molar-refractivity contribution in [1.29, 1.82) is 0 Å². The molecule has 2 atom stereocenters. The number of benzene rings is 1. The van der Waals surface area contributed by atoms with Gasteiger partial charge in [0, 0.05) is 18.7 Å². The average Bonchev–Trinajstić information content (AvgIpc) is 3.15. The molecule has 21 heavy (non-hydrogen) atoms. The van der Waals surface area contributed by atoms with E-state index in [1.54, 1.807) is 0 Å². The summed E-state index contributed by atoms with van der Waals surface area (Å²) in [7, 11) is 0. The van der Waals surface area contributed by atoms with Crippen LogP contribution in [0, 0.1) is 5.92 Å². The molecule has 0 spiro atoms. The molecule has 2 aromatic rings. The Kier molecular flexibility index (Phi) is 3.21. The molecule has 0 aliphatic carbocycles. The van der Waals surface area contributed by atoms with Gasteiger partial charge in [0.05, 0.1) is 17.0 Å². The van der Waals surface area contributed by atoms with Crippen LogP contribution in [0.5, 0.6) is 0 Å². The molecule has 0 saturated carbocycles. The number of hydrogen-bond acceptors (Lipinski definition) is 5. The third kappa shape index (κ3) is 2.08. The van der Waals surface area contributed by atoms with Gasteiger partial charge in [-0.15, -0.1) is 0 Å². The molecule has 1 N–H and O–H groups in total. The second-order valence-corrected chi connectivity index (χ2v) is 6.14. The number of rotatable bonds is 2. The van der Waals surface area contributed by atoms with Crippen molar-refractivity contribution in [3.63, 3.8) is 0 Å². The number of nitrogens with zero attached hydrogens (tertiary/aromatic N) is 2. The molecule has 0 radical (unpaired) electrons. The van der Waals surface area contributed by atoms with Crippen LogP contribution in [0.3, 0.4) is 0 Å². The molecule has 1 aromatic carbocycles. The van der Waals surface area contributed by atoms with E-state index in [1.807, 2.05) is 24.3 Å². The molecule has 1 aromatic heterocycles. The second-order valence-electron chi connectivity index (χ2n) is 5.73. The minimum Gasteiger partial charge on any atom is -0.380 e. The SMILES string of the molecule is Clc1ccccc1-c1noc([C@]23CNC[C@H]2CCOC3)n1. The summed E-state index contributed by atoms with van der Waals surface area (Å²) in [5.74, 6) is 1.69.